The molecule has 0 unspecified atom stereocenters. The quantitative estimate of drug-likeness (QED) is 0.728. The van der Waals surface area contributed by atoms with Gasteiger partial charge < -0.3 is 11.5 Å². The van der Waals surface area contributed by atoms with Crippen LogP contribution in [0.25, 0.3) is 0 Å². The van der Waals surface area contributed by atoms with E-state index in [2.05, 4.69) is 5.43 Å². The molecule has 108 valence electrons. The molecule has 1 aliphatic rings. The van der Waals surface area contributed by atoms with Crippen molar-refractivity contribution < 1.29 is 4.79 Å². The van der Waals surface area contributed by atoms with E-state index in [0.29, 0.717) is 16.9 Å². The summed E-state index contributed by atoms with van der Waals surface area (Å²) in [6.45, 7) is 1.83. The van der Waals surface area contributed by atoms with Gasteiger partial charge in [0.15, 0.2) is 0 Å². The SMILES string of the molecule is Cl.Cl.Nc1ccc(C(=O)NN2CCCCC2)cc1N. The molecule has 0 aliphatic carbocycles. The van der Waals surface area contributed by atoms with Crippen molar-refractivity contribution in [1.82, 2.24) is 10.4 Å². The normalized spacial score (nSPS) is 14.9. The first-order chi connectivity index (χ1) is 8.16. The Bertz CT molecular complexity index is 422. The number of amides is 1. The van der Waals surface area contributed by atoms with Gasteiger partial charge in [0, 0.05) is 18.7 Å². The van der Waals surface area contributed by atoms with Crippen molar-refractivity contribution in [3.63, 3.8) is 0 Å². The number of nitrogen functional groups attached to an aromatic ring is 2. The Balaban J connectivity index is 0.00000162. The topological polar surface area (TPSA) is 84.4 Å². The lowest BCUT2D eigenvalue weighted by Crippen LogP contribution is -2.45. The number of benzene rings is 1. The van der Waals surface area contributed by atoms with Crippen LogP contribution in [0.3, 0.4) is 0 Å². The molecule has 1 amide bonds. The second-order valence-corrected chi connectivity index (χ2v) is 4.33. The van der Waals surface area contributed by atoms with Crippen LogP contribution in [0.15, 0.2) is 18.2 Å². The number of rotatable bonds is 2. The van der Waals surface area contributed by atoms with E-state index < -0.39 is 0 Å². The fraction of sp³-hybridized carbons (Fsp3) is 0.417. The number of halogens is 2. The summed E-state index contributed by atoms with van der Waals surface area (Å²) in [6, 6.07) is 4.94. The van der Waals surface area contributed by atoms with Crippen molar-refractivity contribution in [2.75, 3.05) is 24.6 Å². The molecule has 1 heterocycles. The molecule has 7 heteroatoms. The summed E-state index contributed by atoms with van der Waals surface area (Å²) in [5.41, 5.74) is 15.6. The van der Waals surface area contributed by atoms with E-state index in [0.717, 1.165) is 25.9 Å². The molecule has 1 saturated heterocycles. The summed E-state index contributed by atoms with van der Waals surface area (Å²) in [5, 5.41) is 1.96. The van der Waals surface area contributed by atoms with E-state index in [1.807, 2.05) is 5.01 Å². The maximum atomic E-state index is 11.9. The summed E-state index contributed by atoms with van der Waals surface area (Å²) in [7, 11) is 0. The minimum atomic E-state index is -0.126. The molecule has 1 fully saturated rings. The standard InChI is InChI=1S/C12H18N4O.2ClH/c13-10-5-4-9(8-11(10)14)12(17)15-16-6-2-1-3-7-16;;/h4-5,8H,1-3,6-7,13-14H2,(H,15,17);2*1H. The largest absolute Gasteiger partial charge is 0.397 e. The number of anilines is 2. The van der Waals surface area contributed by atoms with Crippen molar-refractivity contribution in [3.8, 4) is 0 Å². The summed E-state index contributed by atoms with van der Waals surface area (Å²) in [6.07, 6.45) is 3.50. The van der Waals surface area contributed by atoms with Crippen molar-refractivity contribution >= 4 is 42.1 Å². The van der Waals surface area contributed by atoms with Gasteiger partial charge in [0.05, 0.1) is 11.4 Å². The van der Waals surface area contributed by atoms with Gasteiger partial charge in [-0.1, -0.05) is 6.42 Å². The van der Waals surface area contributed by atoms with Gasteiger partial charge in [-0.2, -0.15) is 0 Å². The first-order valence-corrected chi connectivity index (χ1v) is 5.88. The van der Waals surface area contributed by atoms with E-state index in [9.17, 15) is 4.79 Å². The second-order valence-electron chi connectivity index (χ2n) is 4.33. The summed E-state index contributed by atoms with van der Waals surface area (Å²) < 4.78 is 0. The molecule has 2 rings (SSSR count). The zero-order chi connectivity index (χ0) is 12.3. The van der Waals surface area contributed by atoms with E-state index in [1.54, 1.807) is 18.2 Å². The number of nitrogens with one attached hydrogen (secondary N) is 1. The number of nitrogens with two attached hydrogens (primary N) is 2. The first-order valence-electron chi connectivity index (χ1n) is 5.88. The number of carbonyl (C=O) groups excluding carboxylic acids is 1. The van der Waals surface area contributed by atoms with Gasteiger partial charge >= 0.3 is 0 Å². The number of hydrogen-bond acceptors (Lipinski definition) is 4. The van der Waals surface area contributed by atoms with Crippen molar-refractivity contribution in [1.29, 1.82) is 0 Å². The van der Waals surface area contributed by atoms with Crippen LogP contribution in [0.2, 0.25) is 0 Å². The van der Waals surface area contributed by atoms with Crippen molar-refractivity contribution in [3.05, 3.63) is 23.8 Å². The maximum absolute atomic E-state index is 11.9. The molecule has 0 radical (unpaired) electrons. The lowest BCUT2D eigenvalue weighted by atomic mass is 10.1. The van der Waals surface area contributed by atoms with E-state index in [4.69, 9.17) is 11.5 Å². The number of piperidine rings is 1. The van der Waals surface area contributed by atoms with Gasteiger partial charge in [-0.25, -0.2) is 5.01 Å². The molecule has 0 bridgehead atoms. The minimum absolute atomic E-state index is 0. The van der Waals surface area contributed by atoms with Crippen LogP contribution in [0, 0.1) is 0 Å². The van der Waals surface area contributed by atoms with Gasteiger partial charge in [-0.05, 0) is 31.0 Å². The predicted octanol–water partition coefficient (Wildman–Crippen LogP) is 1.83. The van der Waals surface area contributed by atoms with Crippen LogP contribution in [0.5, 0.6) is 0 Å². The van der Waals surface area contributed by atoms with E-state index >= 15 is 0 Å². The Morgan fingerprint density at radius 3 is 2.26 bits per heavy atom. The molecule has 5 nitrogen and oxygen atoms in total. The van der Waals surface area contributed by atoms with Crippen molar-refractivity contribution in [2.24, 2.45) is 0 Å². The van der Waals surface area contributed by atoms with Gasteiger partial charge in [0.25, 0.3) is 5.91 Å². The number of hydrogen-bond donors (Lipinski definition) is 3. The average Bonchev–Trinajstić information content (AvgIpc) is 2.34. The summed E-state index contributed by atoms with van der Waals surface area (Å²) >= 11 is 0. The third-order valence-corrected chi connectivity index (χ3v) is 2.96. The fourth-order valence-corrected chi connectivity index (χ4v) is 1.93. The number of nitrogens with zero attached hydrogens (tertiary/aromatic N) is 1. The zero-order valence-electron chi connectivity index (χ0n) is 10.6. The lowest BCUT2D eigenvalue weighted by molar-refractivity contribution is 0.0750. The van der Waals surface area contributed by atoms with E-state index in [-0.39, 0.29) is 30.7 Å². The minimum Gasteiger partial charge on any atom is -0.397 e. The van der Waals surface area contributed by atoms with Gasteiger partial charge in [0.1, 0.15) is 0 Å². The predicted molar refractivity (Wildman–Crippen MR) is 82.7 cm³/mol. The van der Waals surface area contributed by atoms with Crippen LogP contribution in [0.4, 0.5) is 11.4 Å². The van der Waals surface area contributed by atoms with Gasteiger partial charge in [0.2, 0.25) is 0 Å². The summed E-state index contributed by atoms with van der Waals surface area (Å²) in [5.74, 6) is -0.126. The Kier molecular flexibility index (Phi) is 7.59. The third-order valence-electron chi connectivity index (χ3n) is 2.96. The van der Waals surface area contributed by atoms with Crippen LogP contribution < -0.4 is 16.9 Å². The Labute approximate surface area is 125 Å². The highest BCUT2D eigenvalue weighted by atomic mass is 35.5. The van der Waals surface area contributed by atoms with E-state index in [1.165, 1.54) is 6.42 Å². The summed E-state index contributed by atoms with van der Waals surface area (Å²) in [4.78, 5) is 11.9. The highest BCUT2D eigenvalue weighted by molar-refractivity contribution is 5.95. The smallest absolute Gasteiger partial charge is 0.265 e. The molecular weight excluding hydrogens is 287 g/mol. The highest BCUT2D eigenvalue weighted by Gasteiger charge is 2.14. The van der Waals surface area contributed by atoms with Crippen LogP contribution in [-0.2, 0) is 0 Å². The van der Waals surface area contributed by atoms with Crippen LogP contribution in [0.1, 0.15) is 29.6 Å². The van der Waals surface area contributed by atoms with Crippen LogP contribution >= 0.6 is 24.8 Å². The monoisotopic (exact) mass is 306 g/mol. The average molecular weight is 307 g/mol. The Morgan fingerprint density at radius 1 is 1.05 bits per heavy atom. The molecule has 0 aromatic heterocycles. The first kappa shape index (κ1) is 17.8. The molecule has 0 saturated carbocycles. The number of hydrazine groups is 1. The molecule has 0 spiro atoms. The van der Waals surface area contributed by atoms with Crippen molar-refractivity contribution in [2.45, 2.75) is 19.3 Å². The Hall–Kier alpha value is -1.17. The highest BCUT2D eigenvalue weighted by Crippen LogP contribution is 2.16. The van der Waals surface area contributed by atoms with Gasteiger partial charge in [-0.15, -0.1) is 24.8 Å². The fourth-order valence-electron chi connectivity index (χ4n) is 1.93. The number of carbonyl (C=O) groups is 1. The maximum Gasteiger partial charge on any atom is 0.265 e. The molecule has 1 aliphatic heterocycles. The van der Waals surface area contributed by atoms with Gasteiger partial charge in [-0.3, -0.25) is 10.2 Å². The van der Waals surface area contributed by atoms with Crippen LogP contribution in [-0.4, -0.2) is 24.0 Å². The second kappa shape index (κ2) is 8.09. The molecular formula is C12H20Cl2N4O. The molecule has 1 aromatic carbocycles. The molecule has 5 N–H and O–H groups in total. The molecule has 0 atom stereocenters. The third kappa shape index (κ3) is 4.78. The molecule has 19 heavy (non-hydrogen) atoms. The zero-order valence-corrected chi connectivity index (χ0v) is 12.2. The molecule has 1 aromatic rings. The Morgan fingerprint density at radius 2 is 1.68 bits per heavy atom. The lowest BCUT2D eigenvalue weighted by Gasteiger charge is -2.26.